The number of piperidine rings is 2. The average molecular weight is 266 g/mol. The van der Waals surface area contributed by atoms with Gasteiger partial charge in [-0.25, -0.2) is 0 Å². The van der Waals surface area contributed by atoms with Gasteiger partial charge in [-0.05, 0) is 46.1 Å². The summed E-state index contributed by atoms with van der Waals surface area (Å²) in [6.07, 6.45) is 14.2. The molecular formula is C17H34N2. The highest BCUT2D eigenvalue weighted by atomic mass is 15.2. The van der Waals surface area contributed by atoms with E-state index in [1.807, 2.05) is 0 Å². The fourth-order valence-corrected chi connectivity index (χ4v) is 4.39. The minimum Gasteiger partial charge on any atom is -0.317 e. The van der Waals surface area contributed by atoms with E-state index in [0.29, 0.717) is 0 Å². The van der Waals surface area contributed by atoms with Crippen LogP contribution in [-0.2, 0) is 0 Å². The highest BCUT2D eigenvalue weighted by Crippen LogP contribution is 2.36. The molecule has 2 bridgehead atoms. The van der Waals surface area contributed by atoms with E-state index in [1.165, 1.54) is 64.2 Å². The molecule has 0 saturated carbocycles. The maximum atomic E-state index is 3.53. The Balaban J connectivity index is 1.84. The van der Waals surface area contributed by atoms with Gasteiger partial charge in [0.15, 0.2) is 0 Å². The van der Waals surface area contributed by atoms with Crippen LogP contribution in [0.3, 0.4) is 0 Å². The molecule has 3 unspecified atom stereocenters. The number of nitrogens with one attached hydrogen (secondary N) is 1. The van der Waals surface area contributed by atoms with Crippen LogP contribution in [0, 0.1) is 0 Å². The Kier molecular flexibility index (Phi) is 6.15. The normalized spacial score (nSPS) is 33.3. The van der Waals surface area contributed by atoms with Crippen molar-refractivity contribution in [2.24, 2.45) is 0 Å². The molecule has 19 heavy (non-hydrogen) atoms. The molecule has 3 atom stereocenters. The molecule has 0 aromatic rings. The maximum absolute atomic E-state index is 3.53. The molecule has 0 aromatic heterocycles. The van der Waals surface area contributed by atoms with E-state index in [9.17, 15) is 0 Å². The van der Waals surface area contributed by atoms with Crippen molar-refractivity contribution in [2.45, 2.75) is 102 Å². The van der Waals surface area contributed by atoms with Gasteiger partial charge in [-0.1, -0.05) is 39.0 Å². The first-order valence-electron chi connectivity index (χ1n) is 8.71. The first kappa shape index (κ1) is 15.3. The van der Waals surface area contributed by atoms with Crippen LogP contribution in [0.15, 0.2) is 0 Å². The van der Waals surface area contributed by atoms with Crippen molar-refractivity contribution in [1.29, 1.82) is 0 Å². The maximum Gasteiger partial charge on any atom is 0.0116 e. The van der Waals surface area contributed by atoms with Crippen molar-refractivity contribution >= 4 is 0 Å². The van der Waals surface area contributed by atoms with Crippen molar-refractivity contribution < 1.29 is 0 Å². The standard InChI is InChI=1S/C17H34N2/c1-4-5-6-7-9-14(2)19-16-10-8-11-17(19)13-15(12-16)18-3/h14-18H,4-13H2,1-3H3. The van der Waals surface area contributed by atoms with Crippen LogP contribution in [0.1, 0.15) is 78.1 Å². The molecule has 2 heterocycles. The molecule has 2 fully saturated rings. The molecule has 2 rings (SSSR count). The lowest BCUT2D eigenvalue weighted by Gasteiger charge is -2.51. The van der Waals surface area contributed by atoms with Gasteiger partial charge in [-0.2, -0.15) is 0 Å². The van der Waals surface area contributed by atoms with Gasteiger partial charge in [-0.3, -0.25) is 4.90 Å². The van der Waals surface area contributed by atoms with Crippen molar-refractivity contribution in [3.63, 3.8) is 0 Å². The summed E-state index contributed by atoms with van der Waals surface area (Å²) in [5, 5.41) is 3.53. The van der Waals surface area contributed by atoms with Gasteiger partial charge in [0.25, 0.3) is 0 Å². The fraction of sp³-hybridized carbons (Fsp3) is 1.00. The molecule has 0 aromatic carbocycles. The van der Waals surface area contributed by atoms with Gasteiger partial charge in [-0.15, -0.1) is 0 Å². The highest BCUT2D eigenvalue weighted by molar-refractivity contribution is 4.96. The van der Waals surface area contributed by atoms with Crippen molar-refractivity contribution in [3.05, 3.63) is 0 Å². The molecule has 112 valence electrons. The lowest BCUT2D eigenvalue weighted by atomic mass is 9.80. The molecule has 2 saturated heterocycles. The smallest absolute Gasteiger partial charge is 0.0116 e. The van der Waals surface area contributed by atoms with Crippen LogP contribution in [0.5, 0.6) is 0 Å². The summed E-state index contributed by atoms with van der Waals surface area (Å²) >= 11 is 0. The van der Waals surface area contributed by atoms with Crippen LogP contribution >= 0.6 is 0 Å². The first-order valence-corrected chi connectivity index (χ1v) is 8.71. The zero-order valence-corrected chi connectivity index (χ0v) is 13.3. The molecule has 2 aliphatic heterocycles. The minimum atomic E-state index is 0.777. The lowest BCUT2D eigenvalue weighted by Crippen LogP contribution is -2.58. The number of nitrogens with zero attached hydrogens (tertiary/aromatic N) is 1. The summed E-state index contributed by atoms with van der Waals surface area (Å²) in [6, 6.07) is 3.32. The number of fused-ring (bicyclic) bond motifs is 2. The Morgan fingerprint density at radius 1 is 1.11 bits per heavy atom. The Morgan fingerprint density at radius 2 is 1.79 bits per heavy atom. The van der Waals surface area contributed by atoms with Gasteiger partial charge < -0.3 is 5.32 Å². The largest absolute Gasteiger partial charge is 0.317 e. The zero-order chi connectivity index (χ0) is 13.7. The molecule has 1 N–H and O–H groups in total. The third-order valence-corrected chi connectivity index (χ3v) is 5.42. The molecule has 0 radical (unpaired) electrons. The van der Waals surface area contributed by atoms with Crippen LogP contribution in [0.2, 0.25) is 0 Å². The second-order valence-electron chi connectivity index (χ2n) is 6.84. The summed E-state index contributed by atoms with van der Waals surface area (Å²) in [5.74, 6) is 0. The lowest BCUT2D eigenvalue weighted by molar-refractivity contribution is -0.00731. The van der Waals surface area contributed by atoms with Crippen LogP contribution < -0.4 is 5.32 Å². The Morgan fingerprint density at radius 3 is 2.37 bits per heavy atom. The average Bonchev–Trinajstić information content (AvgIpc) is 2.41. The van der Waals surface area contributed by atoms with E-state index in [4.69, 9.17) is 0 Å². The second kappa shape index (κ2) is 7.64. The third kappa shape index (κ3) is 3.95. The monoisotopic (exact) mass is 266 g/mol. The molecule has 2 nitrogen and oxygen atoms in total. The third-order valence-electron chi connectivity index (χ3n) is 5.42. The molecule has 0 aliphatic carbocycles. The van der Waals surface area contributed by atoms with Gasteiger partial charge >= 0.3 is 0 Å². The van der Waals surface area contributed by atoms with Crippen molar-refractivity contribution in [2.75, 3.05) is 7.05 Å². The summed E-state index contributed by atoms with van der Waals surface area (Å²) < 4.78 is 0. The van der Waals surface area contributed by atoms with Gasteiger partial charge in [0, 0.05) is 24.2 Å². The summed E-state index contributed by atoms with van der Waals surface area (Å²) in [4.78, 5) is 2.91. The first-order chi connectivity index (χ1) is 9.26. The molecule has 2 aliphatic rings. The molecule has 2 heteroatoms. The molecule has 0 amide bonds. The van der Waals surface area contributed by atoms with Crippen LogP contribution in [-0.4, -0.2) is 36.1 Å². The van der Waals surface area contributed by atoms with E-state index < -0.39 is 0 Å². The molecular weight excluding hydrogens is 232 g/mol. The predicted molar refractivity (Wildman–Crippen MR) is 83.6 cm³/mol. The highest BCUT2D eigenvalue weighted by Gasteiger charge is 2.39. The van der Waals surface area contributed by atoms with Crippen LogP contribution in [0.4, 0.5) is 0 Å². The van der Waals surface area contributed by atoms with Crippen LogP contribution in [0.25, 0.3) is 0 Å². The number of hydrogen-bond acceptors (Lipinski definition) is 2. The number of unbranched alkanes of at least 4 members (excludes halogenated alkanes) is 3. The summed E-state index contributed by atoms with van der Waals surface area (Å²) in [5.41, 5.74) is 0. The van der Waals surface area contributed by atoms with E-state index in [0.717, 1.165) is 24.2 Å². The summed E-state index contributed by atoms with van der Waals surface area (Å²) in [6.45, 7) is 4.79. The van der Waals surface area contributed by atoms with E-state index in [1.54, 1.807) is 0 Å². The van der Waals surface area contributed by atoms with Gasteiger partial charge in [0.05, 0.1) is 0 Å². The van der Waals surface area contributed by atoms with E-state index in [2.05, 4.69) is 31.1 Å². The Bertz CT molecular complexity index is 240. The topological polar surface area (TPSA) is 15.3 Å². The van der Waals surface area contributed by atoms with Gasteiger partial charge in [0.1, 0.15) is 0 Å². The Hall–Kier alpha value is -0.0800. The summed E-state index contributed by atoms with van der Waals surface area (Å²) in [7, 11) is 2.14. The van der Waals surface area contributed by atoms with Gasteiger partial charge in [0.2, 0.25) is 0 Å². The zero-order valence-electron chi connectivity index (χ0n) is 13.3. The van der Waals surface area contributed by atoms with E-state index >= 15 is 0 Å². The second-order valence-corrected chi connectivity index (χ2v) is 6.84. The molecule has 0 spiro atoms. The predicted octanol–water partition coefficient (Wildman–Crippen LogP) is 3.95. The fourth-order valence-electron chi connectivity index (χ4n) is 4.39. The van der Waals surface area contributed by atoms with Crippen molar-refractivity contribution in [3.8, 4) is 0 Å². The Labute approximate surface area is 120 Å². The minimum absolute atomic E-state index is 0.777. The quantitative estimate of drug-likeness (QED) is 0.702. The number of hydrogen-bond donors (Lipinski definition) is 1. The van der Waals surface area contributed by atoms with E-state index in [-0.39, 0.29) is 0 Å². The van der Waals surface area contributed by atoms with Crippen molar-refractivity contribution in [1.82, 2.24) is 10.2 Å². The number of rotatable bonds is 7. The SMILES string of the molecule is CCCCCCC(C)N1C2CCCC1CC(NC)C2.